The van der Waals surface area contributed by atoms with Gasteiger partial charge in [0.1, 0.15) is 17.4 Å². The highest BCUT2D eigenvalue weighted by Gasteiger charge is 2.11. The van der Waals surface area contributed by atoms with Gasteiger partial charge in [0.15, 0.2) is 0 Å². The first-order valence-electron chi connectivity index (χ1n) is 7.45. The smallest absolute Gasteiger partial charge is 0.266 e. The molecule has 24 heavy (non-hydrogen) atoms. The van der Waals surface area contributed by atoms with Gasteiger partial charge in [-0.3, -0.25) is 4.79 Å². The van der Waals surface area contributed by atoms with E-state index in [1.165, 1.54) is 6.08 Å². The number of anilines is 1. The number of aryl methyl sites for hydroxylation is 1. The van der Waals surface area contributed by atoms with Crippen LogP contribution in [0.1, 0.15) is 18.1 Å². The van der Waals surface area contributed by atoms with Crippen molar-refractivity contribution >= 4 is 29.3 Å². The summed E-state index contributed by atoms with van der Waals surface area (Å²) in [4.78, 5) is 12.3. The summed E-state index contributed by atoms with van der Waals surface area (Å²) in [6, 6.07) is 14.3. The number of nitriles is 1. The second kappa shape index (κ2) is 8.19. The monoisotopic (exact) mass is 340 g/mol. The third-order valence-electron chi connectivity index (χ3n) is 3.30. The number of benzene rings is 2. The lowest BCUT2D eigenvalue weighted by Gasteiger charge is -2.08. The summed E-state index contributed by atoms with van der Waals surface area (Å²) in [7, 11) is 0. The Balaban J connectivity index is 2.17. The zero-order valence-corrected chi connectivity index (χ0v) is 14.2. The van der Waals surface area contributed by atoms with Crippen LogP contribution in [-0.4, -0.2) is 12.5 Å². The maximum atomic E-state index is 12.3. The molecule has 0 heterocycles. The summed E-state index contributed by atoms with van der Waals surface area (Å²) in [6.45, 7) is 4.33. The summed E-state index contributed by atoms with van der Waals surface area (Å²) in [6.07, 6.45) is 1.54. The zero-order valence-electron chi connectivity index (χ0n) is 13.5. The summed E-state index contributed by atoms with van der Waals surface area (Å²) in [5.74, 6) is 0.284. The lowest BCUT2D eigenvalue weighted by Crippen LogP contribution is -2.14. The molecule has 2 rings (SSSR count). The Kier molecular flexibility index (Phi) is 6.00. The van der Waals surface area contributed by atoms with Gasteiger partial charge in [-0.2, -0.15) is 5.26 Å². The second-order valence-corrected chi connectivity index (χ2v) is 5.52. The van der Waals surface area contributed by atoms with Crippen molar-refractivity contribution in [2.75, 3.05) is 11.9 Å². The summed E-state index contributed by atoms with van der Waals surface area (Å²) >= 11 is 5.90. The molecule has 0 bridgehead atoms. The van der Waals surface area contributed by atoms with Gasteiger partial charge < -0.3 is 10.1 Å². The average molecular weight is 341 g/mol. The van der Waals surface area contributed by atoms with Crippen LogP contribution in [0.3, 0.4) is 0 Å². The molecule has 122 valence electrons. The van der Waals surface area contributed by atoms with Gasteiger partial charge in [0.25, 0.3) is 5.91 Å². The van der Waals surface area contributed by atoms with Crippen molar-refractivity contribution in [3.63, 3.8) is 0 Å². The van der Waals surface area contributed by atoms with E-state index < -0.39 is 5.91 Å². The molecule has 0 fully saturated rings. The van der Waals surface area contributed by atoms with Gasteiger partial charge in [-0.1, -0.05) is 23.7 Å². The number of carbonyl (C=O) groups excluding carboxylic acids is 1. The van der Waals surface area contributed by atoms with E-state index in [0.717, 1.165) is 16.9 Å². The average Bonchev–Trinajstić information content (AvgIpc) is 2.57. The third kappa shape index (κ3) is 4.61. The Hall–Kier alpha value is -2.77. The lowest BCUT2D eigenvalue weighted by atomic mass is 10.1. The van der Waals surface area contributed by atoms with Crippen molar-refractivity contribution in [3.05, 3.63) is 64.2 Å². The molecule has 0 aliphatic heterocycles. The molecular weight excluding hydrogens is 324 g/mol. The Labute approximate surface area is 146 Å². The Bertz CT molecular complexity index is 805. The quantitative estimate of drug-likeness (QED) is 0.639. The lowest BCUT2D eigenvalue weighted by molar-refractivity contribution is -0.112. The molecule has 1 amide bonds. The molecule has 0 spiro atoms. The Morgan fingerprint density at radius 1 is 1.29 bits per heavy atom. The normalized spacial score (nSPS) is 10.8. The largest absolute Gasteiger partial charge is 0.494 e. The van der Waals surface area contributed by atoms with Gasteiger partial charge in [-0.15, -0.1) is 0 Å². The number of carbonyl (C=O) groups is 1. The summed E-state index contributed by atoms with van der Waals surface area (Å²) < 4.78 is 5.37. The second-order valence-electron chi connectivity index (χ2n) is 5.09. The summed E-state index contributed by atoms with van der Waals surface area (Å²) in [5.41, 5.74) is 2.22. The topological polar surface area (TPSA) is 62.1 Å². The standard InChI is InChI=1S/C19H17ClN2O2/c1-3-24-17-7-4-14(5-8-17)11-15(12-21)19(23)22-18-9-6-16(20)10-13(18)2/h4-11H,3H2,1-2H3,(H,22,23)/b15-11+. The van der Waals surface area contributed by atoms with Crippen LogP contribution in [0.25, 0.3) is 6.08 Å². The molecule has 2 aromatic rings. The van der Waals surface area contributed by atoms with Gasteiger partial charge in [-0.25, -0.2) is 0 Å². The fraction of sp³-hybridized carbons (Fsp3) is 0.158. The van der Waals surface area contributed by atoms with Crippen molar-refractivity contribution in [1.29, 1.82) is 5.26 Å². The van der Waals surface area contributed by atoms with E-state index >= 15 is 0 Å². The Morgan fingerprint density at radius 3 is 2.58 bits per heavy atom. The SMILES string of the molecule is CCOc1ccc(/C=C(\C#N)C(=O)Nc2ccc(Cl)cc2C)cc1. The van der Waals surface area contributed by atoms with E-state index in [-0.39, 0.29) is 5.57 Å². The number of amides is 1. The van der Waals surface area contributed by atoms with Crippen LogP contribution in [0.5, 0.6) is 5.75 Å². The van der Waals surface area contributed by atoms with Crippen LogP contribution < -0.4 is 10.1 Å². The molecular formula is C19H17ClN2O2. The van der Waals surface area contributed by atoms with Crippen LogP contribution >= 0.6 is 11.6 Å². The molecule has 0 unspecified atom stereocenters. The maximum Gasteiger partial charge on any atom is 0.266 e. The van der Waals surface area contributed by atoms with Crippen LogP contribution in [0.4, 0.5) is 5.69 Å². The molecule has 2 aromatic carbocycles. The van der Waals surface area contributed by atoms with E-state index in [2.05, 4.69) is 5.32 Å². The first-order chi connectivity index (χ1) is 11.5. The van der Waals surface area contributed by atoms with Gasteiger partial charge in [0, 0.05) is 10.7 Å². The first-order valence-corrected chi connectivity index (χ1v) is 7.83. The van der Waals surface area contributed by atoms with Crippen molar-refractivity contribution in [1.82, 2.24) is 0 Å². The Morgan fingerprint density at radius 2 is 2.00 bits per heavy atom. The maximum absolute atomic E-state index is 12.3. The molecule has 4 nitrogen and oxygen atoms in total. The van der Waals surface area contributed by atoms with Gasteiger partial charge in [0.05, 0.1) is 6.61 Å². The summed E-state index contributed by atoms with van der Waals surface area (Å²) in [5, 5.41) is 12.6. The van der Waals surface area contributed by atoms with E-state index in [1.54, 1.807) is 42.5 Å². The minimum Gasteiger partial charge on any atom is -0.494 e. The molecule has 0 aliphatic carbocycles. The van der Waals surface area contributed by atoms with Gasteiger partial charge in [-0.05, 0) is 61.4 Å². The molecule has 0 atom stereocenters. The minimum atomic E-state index is -0.461. The number of hydrogen-bond donors (Lipinski definition) is 1. The first kappa shape index (κ1) is 17.6. The predicted molar refractivity (Wildman–Crippen MR) is 96.0 cm³/mol. The third-order valence-corrected chi connectivity index (χ3v) is 3.54. The number of hydrogen-bond acceptors (Lipinski definition) is 3. The van der Waals surface area contributed by atoms with Crippen molar-refractivity contribution in [3.8, 4) is 11.8 Å². The highest BCUT2D eigenvalue weighted by Crippen LogP contribution is 2.21. The number of ether oxygens (including phenoxy) is 1. The molecule has 0 radical (unpaired) electrons. The highest BCUT2D eigenvalue weighted by molar-refractivity contribution is 6.30. The number of halogens is 1. The molecule has 5 heteroatoms. The zero-order chi connectivity index (χ0) is 17.5. The van der Waals surface area contributed by atoms with Crippen LogP contribution in [0.2, 0.25) is 5.02 Å². The van der Waals surface area contributed by atoms with Crippen molar-refractivity contribution in [2.24, 2.45) is 0 Å². The highest BCUT2D eigenvalue weighted by atomic mass is 35.5. The number of nitrogens with zero attached hydrogens (tertiary/aromatic N) is 1. The molecule has 0 aliphatic rings. The van der Waals surface area contributed by atoms with E-state index in [4.69, 9.17) is 16.3 Å². The van der Waals surface area contributed by atoms with E-state index in [9.17, 15) is 10.1 Å². The molecule has 0 saturated carbocycles. The van der Waals surface area contributed by atoms with Crippen LogP contribution in [0, 0.1) is 18.3 Å². The number of rotatable bonds is 5. The number of nitrogens with one attached hydrogen (secondary N) is 1. The van der Waals surface area contributed by atoms with Gasteiger partial charge >= 0.3 is 0 Å². The predicted octanol–water partition coefficient (Wildman–Crippen LogP) is 4.59. The molecule has 0 aromatic heterocycles. The van der Waals surface area contributed by atoms with Crippen molar-refractivity contribution < 1.29 is 9.53 Å². The van der Waals surface area contributed by atoms with Crippen LogP contribution in [0.15, 0.2) is 48.0 Å². The fourth-order valence-corrected chi connectivity index (χ4v) is 2.33. The molecule has 1 N–H and O–H groups in total. The van der Waals surface area contributed by atoms with E-state index in [0.29, 0.717) is 17.3 Å². The van der Waals surface area contributed by atoms with E-state index in [1.807, 2.05) is 19.9 Å². The minimum absolute atomic E-state index is 0.0218. The van der Waals surface area contributed by atoms with Crippen molar-refractivity contribution in [2.45, 2.75) is 13.8 Å². The van der Waals surface area contributed by atoms with Gasteiger partial charge in [0.2, 0.25) is 0 Å². The molecule has 0 saturated heterocycles. The fourth-order valence-electron chi connectivity index (χ4n) is 2.10. The van der Waals surface area contributed by atoms with Crippen LogP contribution in [-0.2, 0) is 4.79 Å².